The number of carbonyl (C=O) groups is 2. The number of hydrogen-bond donors (Lipinski definition) is 0. The van der Waals surface area contributed by atoms with Crippen LogP contribution < -0.4 is 0 Å². The lowest BCUT2D eigenvalue weighted by molar-refractivity contribution is -0.268. The third-order valence-corrected chi connectivity index (χ3v) is 5.94. The van der Waals surface area contributed by atoms with Crippen LogP contribution in [0.4, 0.5) is 0 Å². The summed E-state index contributed by atoms with van der Waals surface area (Å²) in [5.41, 5.74) is -0.0781. The fourth-order valence-electron chi connectivity index (χ4n) is 5.35. The molecule has 1 aliphatic heterocycles. The van der Waals surface area contributed by atoms with Crippen LogP contribution in [0.15, 0.2) is 12.2 Å². The van der Waals surface area contributed by atoms with Crippen molar-refractivity contribution in [2.24, 2.45) is 23.2 Å². The summed E-state index contributed by atoms with van der Waals surface area (Å²) in [6, 6.07) is 0. The molecule has 1 heterocycles. The van der Waals surface area contributed by atoms with Gasteiger partial charge in [-0.05, 0) is 38.5 Å². The average molecular weight is 262 g/mol. The van der Waals surface area contributed by atoms with Crippen LogP contribution in [0.25, 0.3) is 0 Å². The minimum atomic E-state index is -0.402. The van der Waals surface area contributed by atoms with E-state index in [1.807, 2.05) is 0 Å². The van der Waals surface area contributed by atoms with Crippen molar-refractivity contribution < 1.29 is 19.1 Å². The van der Waals surface area contributed by atoms with Crippen molar-refractivity contribution in [3.8, 4) is 0 Å². The summed E-state index contributed by atoms with van der Waals surface area (Å²) in [6.07, 6.45) is 3.72. The third kappa shape index (κ3) is 1.12. The van der Waals surface area contributed by atoms with Gasteiger partial charge >= 0.3 is 11.9 Å². The zero-order valence-electron chi connectivity index (χ0n) is 11.1. The van der Waals surface area contributed by atoms with Crippen molar-refractivity contribution in [2.75, 3.05) is 6.61 Å². The van der Waals surface area contributed by atoms with E-state index in [9.17, 15) is 9.59 Å². The summed E-state index contributed by atoms with van der Waals surface area (Å²) in [4.78, 5) is 23.9. The quantitative estimate of drug-likeness (QED) is 0.563. The molecule has 3 aliphatic carbocycles. The van der Waals surface area contributed by atoms with E-state index in [2.05, 4.69) is 6.58 Å². The zero-order chi connectivity index (χ0) is 13.4. The molecular weight excluding hydrogens is 244 g/mol. The predicted molar refractivity (Wildman–Crippen MR) is 66.0 cm³/mol. The summed E-state index contributed by atoms with van der Waals surface area (Å²) in [5.74, 6) is 0.475. The van der Waals surface area contributed by atoms with E-state index < -0.39 is 5.60 Å². The summed E-state index contributed by atoms with van der Waals surface area (Å²) < 4.78 is 11.1. The zero-order valence-corrected chi connectivity index (χ0v) is 11.1. The fourth-order valence-corrected chi connectivity index (χ4v) is 5.35. The lowest BCUT2D eigenvalue weighted by Crippen LogP contribution is -2.70. The van der Waals surface area contributed by atoms with E-state index >= 15 is 0 Å². The monoisotopic (exact) mass is 262 g/mol. The second kappa shape index (κ2) is 3.22. The van der Waals surface area contributed by atoms with E-state index in [0.717, 1.165) is 25.7 Å². The van der Waals surface area contributed by atoms with Crippen molar-refractivity contribution in [1.82, 2.24) is 0 Å². The predicted octanol–water partition coefficient (Wildman–Crippen LogP) is 1.84. The summed E-state index contributed by atoms with van der Waals surface area (Å²) in [5, 5.41) is 0. The Labute approximate surface area is 112 Å². The van der Waals surface area contributed by atoms with Gasteiger partial charge in [-0.15, -0.1) is 0 Å². The molecule has 102 valence electrons. The van der Waals surface area contributed by atoms with Gasteiger partial charge in [0.2, 0.25) is 0 Å². The first-order valence-corrected chi connectivity index (χ1v) is 7.04. The average Bonchev–Trinajstić information content (AvgIpc) is 2.83. The third-order valence-electron chi connectivity index (χ3n) is 5.94. The van der Waals surface area contributed by atoms with E-state index in [-0.39, 0.29) is 23.3 Å². The molecule has 0 aromatic rings. The van der Waals surface area contributed by atoms with E-state index in [1.54, 1.807) is 6.92 Å². The molecule has 1 spiro atoms. The Balaban J connectivity index is 1.71. The van der Waals surface area contributed by atoms with Gasteiger partial charge < -0.3 is 9.47 Å². The van der Waals surface area contributed by atoms with Crippen LogP contribution in [0.1, 0.15) is 32.6 Å². The van der Waals surface area contributed by atoms with Crippen LogP contribution in [0, 0.1) is 23.2 Å². The van der Waals surface area contributed by atoms with Gasteiger partial charge in [-0.1, -0.05) is 6.58 Å². The van der Waals surface area contributed by atoms with Crippen LogP contribution in [-0.2, 0) is 19.1 Å². The second-order valence-corrected chi connectivity index (χ2v) is 6.80. The molecule has 0 aromatic heterocycles. The van der Waals surface area contributed by atoms with Crippen molar-refractivity contribution in [1.29, 1.82) is 0 Å². The van der Waals surface area contributed by atoms with Crippen molar-refractivity contribution in [3.63, 3.8) is 0 Å². The molecule has 1 saturated heterocycles. The molecule has 2 bridgehead atoms. The molecule has 5 unspecified atom stereocenters. The number of carbonyl (C=O) groups excluding carboxylic acids is 2. The number of rotatable bonds is 2. The molecule has 19 heavy (non-hydrogen) atoms. The van der Waals surface area contributed by atoms with Gasteiger partial charge in [-0.2, -0.15) is 0 Å². The number of hydrogen-bond acceptors (Lipinski definition) is 4. The second-order valence-electron chi connectivity index (χ2n) is 6.80. The van der Waals surface area contributed by atoms with Gasteiger partial charge in [0.15, 0.2) is 0 Å². The maximum atomic E-state index is 12.0. The lowest BCUT2D eigenvalue weighted by Gasteiger charge is -2.64. The molecule has 4 fully saturated rings. The highest BCUT2D eigenvalue weighted by Crippen LogP contribution is 2.77. The lowest BCUT2D eigenvalue weighted by atomic mass is 9.45. The minimum Gasteiger partial charge on any atom is -0.465 e. The van der Waals surface area contributed by atoms with Crippen LogP contribution in [-0.4, -0.2) is 24.1 Å². The molecule has 3 saturated carbocycles. The Bertz CT molecular complexity index is 510. The van der Waals surface area contributed by atoms with E-state index in [1.165, 1.54) is 0 Å². The van der Waals surface area contributed by atoms with Crippen molar-refractivity contribution in [2.45, 2.75) is 38.2 Å². The van der Waals surface area contributed by atoms with Crippen LogP contribution in [0.3, 0.4) is 0 Å². The first-order valence-electron chi connectivity index (χ1n) is 7.04. The molecule has 0 aromatic carbocycles. The highest BCUT2D eigenvalue weighted by Gasteiger charge is 2.80. The molecule has 0 radical (unpaired) electrons. The molecule has 4 heteroatoms. The maximum Gasteiger partial charge on any atom is 0.333 e. The molecule has 5 atom stereocenters. The topological polar surface area (TPSA) is 52.6 Å². The summed E-state index contributed by atoms with van der Waals surface area (Å²) in [6.45, 7) is 5.84. The Morgan fingerprint density at radius 1 is 1.42 bits per heavy atom. The van der Waals surface area contributed by atoms with Gasteiger partial charge in [0, 0.05) is 16.9 Å². The standard InChI is InChI=1S/C15H18O4/c1-8(2)12(16)19-14-4-9-3-11-13(17)18-7-10(6-14)15(11,14)5-9/h9-11H,1,3-7H2,2H3. The first-order chi connectivity index (χ1) is 8.98. The Hall–Kier alpha value is -1.32. The van der Waals surface area contributed by atoms with Gasteiger partial charge in [-0.3, -0.25) is 4.79 Å². The normalized spacial score (nSPS) is 49.1. The van der Waals surface area contributed by atoms with Crippen molar-refractivity contribution >= 4 is 11.9 Å². The fraction of sp³-hybridized carbons (Fsp3) is 0.733. The first kappa shape index (κ1) is 11.5. The Morgan fingerprint density at radius 3 is 2.95 bits per heavy atom. The Kier molecular flexibility index (Phi) is 1.95. The SMILES string of the molecule is C=C(C)C(=O)OC12CC3CC4C(=O)OCC(C1)C42C3. The van der Waals surface area contributed by atoms with Crippen LogP contribution in [0.5, 0.6) is 0 Å². The van der Waals surface area contributed by atoms with Gasteiger partial charge in [0.05, 0.1) is 12.5 Å². The van der Waals surface area contributed by atoms with Crippen molar-refractivity contribution in [3.05, 3.63) is 12.2 Å². The van der Waals surface area contributed by atoms with E-state index in [4.69, 9.17) is 9.47 Å². The van der Waals surface area contributed by atoms with Gasteiger partial charge in [0.25, 0.3) is 0 Å². The van der Waals surface area contributed by atoms with Crippen LogP contribution >= 0.6 is 0 Å². The summed E-state index contributed by atoms with van der Waals surface area (Å²) in [7, 11) is 0. The number of esters is 2. The van der Waals surface area contributed by atoms with Gasteiger partial charge in [0.1, 0.15) is 5.60 Å². The molecular formula is C15H18O4. The minimum absolute atomic E-state index is 0.0447. The van der Waals surface area contributed by atoms with Gasteiger partial charge in [-0.25, -0.2) is 4.79 Å². The maximum absolute atomic E-state index is 12.0. The van der Waals surface area contributed by atoms with E-state index in [0.29, 0.717) is 24.0 Å². The number of cyclic esters (lactones) is 1. The largest absolute Gasteiger partial charge is 0.465 e. The summed E-state index contributed by atoms with van der Waals surface area (Å²) >= 11 is 0. The number of fused-ring (bicyclic) bond motifs is 1. The molecule has 0 amide bonds. The molecule has 4 aliphatic rings. The Morgan fingerprint density at radius 2 is 2.21 bits per heavy atom. The molecule has 4 rings (SSSR count). The smallest absolute Gasteiger partial charge is 0.333 e. The van der Waals surface area contributed by atoms with Crippen LogP contribution in [0.2, 0.25) is 0 Å². The molecule has 4 nitrogen and oxygen atoms in total. The number of ether oxygens (including phenoxy) is 2. The highest BCUT2D eigenvalue weighted by atomic mass is 16.6. The molecule has 0 N–H and O–H groups in total. The highest BCUT2D eigenvalue weighted by molar-refractivity contribution is 5.87.